The average Bonchev–Trinajstić information content (AvgIpc) is 3.08. The normalized spacial score (nSPS) is 18.0. The second-order valence-electron chi connectivity index (χ2n) is 5.86. The highest BCUT2D eigenvalue weighted by molar-refractivity contribution is 5.94. The van der Waals surface area contributed by atoms with Crippen LogP contribution in [0.2, 0.25) is 0 Å². The molecule has 7 nitrogen and oxygen atoms in total. The second kappa shape index (κ2) is 6.20. The number of nitrogens with zero attached hydrogens (tertiary/aromatic N) is 3. The zero-order valence-electron chi connectivity index (χ0n) is 12.9. The van der Waals surface area contributed by atoms with E-state index in [1.807, 2.05) is 11.0 Å². The number of nitro groups is 1. The topological polar surface area (TPSA) is 92.1 Å². The van der Waals surface area contributed by atoms with Gasteiger partial charge in [0.2, 0.25) is 0 Å². The van der Waals surface area contributed by atoms with Crippen LogP contribution in [0, 0.1) is 17.0 Å². The van der Waals surface area contributed by atoms with Crippen LogP contribution in [0.25, 0.3) is 0 Å². The number of nitro benzene ring substituents is 1. The summed E-state index contributed by atoms with van der Waals surface area (Å²) in [4.78, 5) is 24.9. The maximum Gasteiger partial charge on any atom is 0.272 e. The molecule has 1 atom stereocenters. The first kappa shape index (κ1) is 15.2. The molecule has 1 fully saturated rings. The van der Waals surface area contributed by atoms with Crippen molar-refractivity contribution < 1.29 is 9.72 Å². The number of rotatable bonds is 3. The maximum absolute atomic E-state index is 12.7. The molecule has 0 bridgehead atoms. The van der Waals surface area contributed by atoms with Gasteiger partial charge in [-0.1, -0.05) is 0 Å². The number of aromatic nitrogens is 2. The van der Waals surface area contributed by atoms with Crippen LogP contribution in [0.15, 0.2) is 30.5 Å². The largest absolute Gasteiger partial charge is 0.338 e. The molecule has 120 valence electrons. The summed E-state index contributed by atoms with van der Waals surface area (Å²) in [6.07, 6.45) is 3.67. The Balaban J connectivity index is 1.77. The van der Waals surface area contributed by atoms with E-state index in [9.17, 15) is 14.9 Å². The van der Waals surface area contributed by atoms with Gasteiger partial charge in [-0.05, 0) is 38.0 Å². The lowest BCUT2D eigenvalue weighted by Gasteiger charge is -2.32. The molecule has 0 spiro atoms. The molecule has 0 aliphatic carbocycles. The average molecular weight is 314 g/mol. The van der Waals surface area contributed by atoms with E-state index >= 15 is 0 Å². The Bertz CT molecular complexity index is 727. The molecule has 7 heteroatoms. The molecule has 0 saturated carbocycles. The summed E-state index contributed by atoms with van der Waals surface area (Å²) in [6.45, 7) is 3.00. The molecular formula is C16H18N4O3. The first-order chi connectivity index (χ1) is 11.1. The third kappa shape index (κ3) is 3.08. The van der Waals surface area contributed by atoms with E-state index in [2.05, 4.69) is 10.2 Å². The highest BCUT2D eigenvalue weighted by Crippen LogP contribution is 2.27. The van der Waals surface area contributed by atoms with E-state index < -0.39 is 4.92 Å². The summed E-state index contributed by atoms with van der Waals surface area (Å²) < 4.78 is 0. The smallest absolute Gasteiger partial charge is 0.272 e. The number of amides is 1. The van der Waals surface area contributed by atoms with Crippen molar-refractivity contribution in [2.24, 2.45) is 0 Å². The summed E-state index contributed by atoms with van der Waals surface area (Å²) in [7, 11) is 0. The number of H-pyrrole nitrogens is 1. The Hall–Kier alpha value is -2.70. The van der Waals surface area contributed by atoms with Gasteiger partial charge < -0.3 is 4.90 Å². The standard InChI is InChI=1S/C16H18N4O3/c1-11-9-12(4-5-15(11)20(22)23)16(21)19-8-2-3-13(10-19)14-6-7-17-18-14/h4-7,9,13H,2-3,8,10H2,1H3,(H,17,18)/t13-/m0/s1. The maximum atomic E-state index is 12.7. The minimum Gasteiger partial charge on any atom is -0.338 e. The van der Waals surface area contributed by atoms with E-state index in [0.29, 0.717) is 24.2 Å². The third-order valence-electron chi connectivity index (χ3n) is 4.31. The Labute approximate surface area is 133 Å². The van der Waals surface area contributed by atoms with E-state index in [1.165, 1.54) is 12.1 Å². The van der Waals surface area contributed by atoms with Crippen molar-refractivity contribution in [3.05, 3.63) is 57.4 Å². The molecule has 1 N–H and O–H groups in total. The van der Waals surface area contributed by atoms with Gasteiger partial charge in [0, 0.05) is 48.1 Å². The zero-order chi connectivity index (χ0) is 16.4. The lowest BCUT2D eigenvalue weighted by Crippen LogP contribution is -2.39. The van der Waals surface area contributed by atoms with Crippen molar-refractivity contribution in [3.8, 4) is 0 Å². The van der Waals surface area contributed by atoms with Crippen LogP contribution in [-0.4, -0.2) is 39.0 Å². The van der Waals surface area contributed by atoms with Crippen molar-refractivity contribution in [1.82, 2.24) is 15.1 Å². The number of likely N-dealkylation sites (tertiary alicyclic amines) is 1. The summed E-state index contributed by atoms with van der Waals surface area (Å²) in [5, 5.41) is 17.8. The fourth-order valence-corrected chi connectivity index (χ4v) is 3.09. The number of hydrogen-bond acceptors (Lipinski definition) is 4. The van der Waals surface area contributed by atoms with Gasteiger partial charge in [0.05, 0.1) is 4.92 Å². The fraction of sp³-hybridized carbons (Fsp3) is 0.375. The van der Waals surface area contributed by atoms with Crippen LogP contribution in [0.1, 0.15) is 40.4 Å². The lowest BCUT2D eigenvalue weighted by atomic mass is 9.94. The summed E-state index contributed by atoms with van der Waals surface area (Å²) in [6, 6.07) is 6.47. The quantitative estimate of drug-likeness (QED) is 0.696. The highest BCUT2D eigenvalue weighted by atomic mass is 16.6. The molecule has 2 aromatic rings. The number of benzene rings is 1. The molecule has 1 aromatic heterocycles. The van der Waals surface area contributed by atoms with Gasteiger partial charge in [-0.15, -0.1) is 0 Å². The monoisotopic (exact) mass is 314 g/mol. The van der Waals surface area contributed by atoms with E-state index in [1.54, 1.807) is 19.2 Å². The van der Waals surface area contributed by atoms with Gasteiger partial charge in [-0.3, -0.25) is 20.0 Å². The van der Waals surface area contributed by atoms with Gasteiger partial charge >= 0.3 is 0 Å². The molecule has 3 rings (SSSR count). The lowest BCUT2D eigenvalue weighted by molar-refractivity contribution is -0.385. The molecule has 1 aliphatic rings. The van der Waals surface area contributed by atoms with Crippen molar-refractivity contribution in [2.75, 3.05) is 13.1 Å². The van der Waals surface area contributed by atoms with Crippen LogP contribution in [0.5, 0.6) is 0 Å². The molecule has 23 heavy (non-hydrogen) atoms. The molecule has 0 radical (unpaired) electrons. The predicted octanol–water partition coefficient (Wildman–Crippen LogP) is 2.65. The summed E-state index contributed by atoms with van der Waals surface area (Å²) in [5.74, 6) is 0.182. The van der Waals surface area contributed by atoms with Gasteiger partial charge in [0.25, 0.3) is 11.6 Å². The predicted molar refractivity (Wildman–Crippen MR) is 84.3 cm³/mol. The molecule has 1 saturated heterocycles. The number of aryl methyl sites for hydroxylation is 1. The number of carbonyl (C=O) groups is 1. The van der Waals surface area contributed by atoms with Gasteiger partial charge in [0.15, 0.2) is 0 Å². The van der Waals surface area contributed by atoms with Crippen LogP contribution >= 0.6 is 0 Å². The third-order valence-corrected chi connectivity index (χ3v) is 4.31. The van der Waals surface area contributed by atoms with Crippen molar-refractivity contribution in [3.63, 3.8) is 0 Å². The minimum absolute atomic E-state index is 0.0375. The second-order valence-corrected chi connectivity index (χ2v) is 5.86. The Kier molecular flexibility index (Phi) is 4.10. The number of piperidine rings is 1. The first-order valence-electron chi connectivity index (χ1n) is 7.60. The zero-order valence-corrected chi connectivity index (χ0v) is 12.9. The minimum atomic E-state index is -0.432. The Morgan fingerprint density at radius 3 is 2.91 bits per heavy atom. The molecule has 1 aromatic carbocycles. The van der Waals surface area contributed by atoms with Crippen molar-refractivity contribution in [2.45, 2.75) is 25.7 Å². The van der Waals surface area contributed by atoms with Crippen LogP contribution in [0.4, 0.5) is 5.69 Å². The van der Waals surface area contributed by atoms with Crippen LogP contribution in [0.3, 0.4) is 0 Å². The Morgan fingerprint density at radius 2 is 2.26 bits per heavy atom. The van der Waals surface area contributed by atoms with Crippen molar-refractivity contribution >= 4 is 11.6 Å². The first-order valence-corrected chi connectivity index (χ1v) is 7.60. The molecule has 1 aliphatic heterocycles. The van der Waals surface area contributed by atoms with Gasteiger partial charge in [0.1, 0.15) is 0 Å². The van der Waals surface area contributed by atoms with Crippen molar-refractivity contribution in [1.29, 1.82) is 0 Å². The van der Waals surface area contributed by atoms with E-state index in [-0.39, 0.29) is 17.5 Å². The SMILES string of the molecule is Cc1cc(C(=O)N2CCC[C@H](c3ccn[nH]3)C2)ccc1[N+](=O)[O-]. The number of carbonyl (C=O) groups excluding carboxylic acids is 1. The van der Waals surface area contributed by atoms with Crippen LogP contribution < -0.4 is 0 Å². The Morgan fingerprint density at radius 1 is 1.43 bits per heavy atom. The molecule has 1 amide bonds. The molecule has 2 heterocycles. The molecule has 0 unspecified atom stereocenters. The van der Waals surface area contributed by atoms with Gasteiger partial charge in [-0.25, -0.2) is 0 Å². The highest BCUT2D eigenvalue weighted by Gasteiger charge is 2.26. The number of nitrogens with one attached hydrogen (secondary N) is 1. The summed E-state index contributed by atoms with van der Waals surface area (Å²) in [5.41, 5.74) is 2.08. The molecular weight excluding hydrogens is 296 g/mol. The fourth-order valence-electron chi connectivity index (χ4n) is 3.09. The van der Waals surface area contributed by atoms with Crippen LogP contribution in [-0.2, 0) is 0 Å². The summed E-state index contributed by atoms with van der Waals surface area (Å²) >= 11 is 0. The number of aromatic amines is 1. The van der Waals surface area contributed by atoms with E-state index in [4.69, 9.17) is 0 Å². The number of hydrogen-bond donors (Lipinski definition) is 1. The van der Waals surface area contributed by atoms with Gasteiger partial charge in [-0.2, -0.15) is 5.10 Å². The van der Waals surface area contributed by atoms with E-state index in [0.717, 1.165) is 18.5 Å².